The van der Waals surface area contributed by atoms with E-state index in [2.05, 4.69) is 0 Å². The van der Waals surface area contributed by atoms with Crippen LogP contribution in [0.15, 0.2) is 59.5 Å². The predicted molar refractivity (Wildman–Crippen MR) is 103 cm³/mol. The van der Waals surface area contributed by atoms with E-state index in [1.807, 2.05) is 0 Å². The summed E-state index contributed by atoms with van der Waals surface area (Å²) >= 11 is 0. The molecule has 2 aromatic rings. The van der Waals surface area contributed by atoms with E-state index in [0.29, 0.717) is 16.9 Å². The molecule has 0 aliphatic rings. The van der Waals surface area contributed by atoms with Crippen LogP contribution < -0.4 is 4.74 Å². The van der Waals surface area contributed by atoms with Crippen LogP contribution in [0.2, 0.25) is 0 Å². The summed E-state index contributed by atoms with van der Waals surface area (Å²) in [5.41, 5.74) is 0.968. The molecule has 0 spiro atoms. The average molecular weight is 410 g/mol. The maximum absolute atomic E-state index is 12.1. The van der Waals surface area contributed by atoms with Crippen molar-refractivity contribution in [3.8, 4) is 5.75 Å². The predicted octanol–water partition coefficient (Wildman–Crippen LogP) is 0.996. The van der Waals surface area contributed by atoms with Crippen molar-refractivity contribution in [2.75, 3.05) is 6.61 Å². The van der Waals surface area contributed by atoms with Gasteiger partial charge in [0.15, 0.2) is 12.4 Å². The van der Waals surface area contributed by atoms with Gasteiger partial charge >= 0.3 is 65.1 Å². The van der Waals surface area contributed by atoms with Crippen molar-refractivity contribution in [2.24, 2.45) is 0 Å². The van der Waals surface area contributed by atoms with E-state index >= 15 is 0 Å². The van der Waals surface area contributed by atoms with Crippen molar-refractivity contribution in [1.29, 1.82) is 0 Å². The Hall–Kier alpha value is -0.970. The molecule has 134 valence electrons. The third-order valence-electron chi connectivity index (χ3n) is 3.11. The number of aliphatic carboxylic acids is 1. The van der Waals surface area contributed by atoms with Crippen LogP contribution >= 0.6 is 0 Å². The Bertz CT molecular complexity index is 905. The van der Waals surface area contributed by atoms with Gasteiger partial charge in [0.2, 0.25) is 0 Å². The zero-order valence-corrected chi connectivity index (χ0v) is 13.6. The van der Waals surface area contributed by atoms with E-state index in [0.717, 1.165) is 0 Å². The van der Waals surface area contributed by atoms with Gasteiger partial charge in [-0.05, 0) is 48.0 Å². The summed E-state index contributed by atoms with van der Waals surface area (Å²) in [6.45, 7) is -0.466. The van der Waals surface area contributed by atoms with E-state index in [-0.39, 0.29) is 69.8 Å². The van der Waals surface area contributed by atoms with E-state index in [9.17, 15) is 18.0 Å². The zero-order chi connectivity index (χ0) is 18.4. The van der Waals surface area contributed by atoms with Gasteiger partial charge in [0.05, 0.1) is 4.90 Å². The SMILES string of the molecule is O=C(O)COc1ccc(C(=O)/C=C/c2ccc(S(=O)(=O)O)cc2)cc1.[NaH].[NaH]. The summed E-state index contributed by atoms with van der Waals surface area (Å²) in [7, 11) is -4.25. The van der Waals surface area contributed by atoms with Gasteiger partial charge in [-0.2, -0.15) is 8.42 Å². The molecule has 0 fully saturated rings. The van der Waals surface area contributed by atoms with Crippen LogP contribution in [0.3, 0.4) is 0 Å². The van der Waals surface area contributed by atoms with E-state index in [1.165, 1.54) is 60.7 Å². The summed E-state index contributed by atoms with van der Waals surface area (Å²) in [5, 5.41) is 8.52. The summed E-state index contributed by atoms with van der Waals surface area (Å²) in [4.78, 5) is 22.2. The normalized spacial score (nSPS) is 10.6. The van der Waals surface area contributed by atoms with E-state index in [1.54, 1.807) is 0 Å². The zero-order valence-electron chi connectivity index (χ0n) is 12.8. The van der Waals surface area contributed by atoms with Crippen LogP contribution in [-0.2, 0) is 14.9 Å². The Morgan fingerprint density at radius 2 is 1.52 bits per heavy atom. The molecule has 2 aromatic carbocycles. The van der Waals surface area contributed by atoms with Gasteiger partial charge in [-0.3, -0.25) is 9.35 Å². The quantitative estimate of drug-likeness (QED) is 0.303. The Morgan fingerprint density at radius 3 is 2.00 bits per heavy atom. The number of carbonyl (C=O) groups is 2. The van der Waals surface area contributed by atoms with Gasteiger partial charge in [0.25, 0.3) is 10.1 Å². The van der Waals surface area contributed by atoms with Crippen LogP contribution in [0, 0.1) is 0 Å². The number of ether oxygens (including phenoxy) is 1. The molecule has 0 saturated heterocycles. The van der Waals surface area contributed by atoms with Crippen molar-refractivity contribution in [3.05, 3.63) is 65.7 Å². The fraction of sp³-hybridized carbons (Fsp3) is 0.0588. The Labute approximate surface area is 200 Å². The molecule has 0 bridgehead atoms. The van der Waals surface area contributed by atoms with Gasteiger partial charge in [-0.25, -0.2) is 4.79 Å². The molecule has 10 heteroatoms. The number of ketones is 1. The van der Waals surface area contributed by atoms with Gasteiger partial charge < -0.3 is 9.84 Å². The third kappa shape index (κ3) is 8.71. The fourth-order valence-corrected chi connectivity index (χ4v) is 2.36. The summed E-state index contributed by atoms with van der Waals surface area (Å²) in [5.74, 6) is -1.05. The number of carboxylic acids is 1. The van der Waals surface area contributed by atoms with Crippen molar-refractivity contribution >= 4 is 87.1 Å². The second-order valence-corrected chi connectivity index (χ2v) is 6.37. The maximum atomic E-state index is 12.1. The third-order valence-corrected chi connectivity index (χ3v) is 3.97. The van der Waals surface area contributed by atoms with Crippen molar-refractivity contribution in [2.45, 2.75) is 4.90 Å². The molecule has 0 heterocycles. The number of rotatable bonds is 7. The van der Waals surface area contributed by atoms with Crippen LogP contribution in [0.25, 0.3) is 6.08 Å². The topological polar surface area (TPSA) is 118 Å². The molecule has 0 unspecified atom stereocenters. The Kier molecular flexibility index (Phi) is 11.4. The second-order valence-electron chi connectivity index (χ2n) is 4.95. The molecule has 0 saturated carbocycles. The van der Waals surface area contributed by atoms with Gasteiger partial charge in [0, 0.05) is 5.56 Å². The van der Waals surface area contributed by atoms with Gasteiger partial charge in [0.1, 0.15) is 5.75 Å². The molecule has 0 radical (unpaired) electrons. The van der Waals surface area contributed by atoms with Crippen molar-refractivity contribution in [1.82, 2.24) is 0 Å². The number of hydrogen-bond donors (Lipinski definition) is 2. The van der Waals surface area contributed by atoms with Crippen LogP contribution in [0.1, 0.15) is 15.9 Å². The number of hydrogen-bond acceptors (Lipinski definition) is 5. The first kappa shape index (κ1) is 26.0. The van der Waals surface area contributed by atoms with Crippen LogP contribution in [0.5, 0.6) is 5.75 Å². The number of benzene rings is 2. The average Bonchev–Trinajstić information content (AvgIpc) is 2.58. The molecule has 0 atom stereocenters. The molecule has 2 rings (SSSR count). The number of carboxylic acid groups (broad SMARTS) is 1. The summed E-state index contributed by atoms with van der Waals surface area (Å²) in [6.07, 6.45) is 2.82. The number of carbonyl (C=O) groups excluding carboxylic acids is 1. The molecule has 0 aromatic heterocycles. The first-order chi connectivity index (χ1) is 11.8. The van der Waals surface area contributed by atoms with Gasteiger partial charge in [-0.1, -0.05) is 18.2 Å². The molecule has 27 heavy (non-hydrogen) atoms. The van der Waals surface area contributed by atoms with Crippen LogP contribution in [-0.4, -0.2) is 95.6 Å². The van der Waals surface area contributed by atoms with Crippen LogP contribution in [0.4, 0.5) is 0 Å². The molecular formula is C17H16Na2O7S. The Balaban J connectivity index is 0.00000338. The standard InChI is InChI=1S/C17H14O7S.2Na.2H/c18-16(13-4-6-14(7-5-13)24-11-17(19)20)10-3-12-1-8-15(9-2-12)25(21,22)23;;;;/h1-10H,11H2,(H,19,20)(H,21,22,23);;;;/b10-3+;;;;. The minimum atomic E-state index is -4.25. The molecule has 0 amide bonds. The summed E-state index contributed by atoms with van der Waals surface area (Å²) in [6, 6.07) is 11.4. The molecular weight excluding hydrogens is 394 g/mol. The molecule has 2 N–H and O–H groups in total. The Morgan fingerprint density at radius 1 is 0.963 bits per heavy atom. The van der Waals surface area contributed by atoms with E-state index < -0.39 is 22.7 Å². The first-order valence-electron chi connectivity index (χ1n) is 7.00. The molecule has 0 aliphatic carbocycles. The fourth-order valence-electron chi connectivity index (χ4n) is 1.88. The minimum absolute atomic E-state index is 0. The first-order valence-corrected chi connectivity index (χ1v) is 8.44. The van der Waals surface area contributed by atoms with Gasteiger partial charge in [-0.15, -0.1) is 0 Å². The monoisotopic (exact) mass is 410 g/mol. The number of allylic oxidation sites excluding steroid dienone is 1. The summed E-state index contributed by atoms with van der Waals surface area (Å²) < 4.78 is 35.8. The van der Waals surface area contributed by atoms with Crippen molar-refractivity contribution in [3.63, 3.8) is 0 Å². The molecule has 0 aliphatic heterocycles. The van der Waals surface area contributed by atoms with E-state index in [4.69, 9.17) is 14.4 Å². The molecule has 7 nitrogen and oxygen atoms in total. The van der Waals surface area contributed by atoms with Crippen molar-refractivity contribution < 1.29 is 32.4 Å². The second kappa shape index (κ2) is 11.8.